The average molecular weight is 571 g/mol. The van der Waals surface area contributed by atoms with Gasteiger partial charge in [-0.05, 0) is 59.2 Å². The summed E-state index contributed by atoms with van der Waals surface area (Å²) in [5.41, 5.74) is 2.47. The summed E-state index contributed by atoms with van der Waals surface area (Å²) >= 11 is 0. The van der Waals surface area contributed by atoms with E-state index in [-0.39, 0.29) is 24.3 Å². The first-order valence-corrected chi connectivity index (χ1v) is 14.1. The molecule has 0 aliphatic carbocycles. The van der Waals surface area contributed by atoms with E-state index in [1.165, 1.54) is 7.11 Å². The Morgan fingerprint density at radius 2 is 1.67 bits per heavy atom. The van der Waals surface area contributed by atoms with Crippen LogP contribution in [0, 0.1) is 5.92 Å². The number of rotatable bonds is 5. The number of methoxy groups -OCH3 is 1. The number of amides is 1. The van der Waals surface area contributed by atoms with Crippen LogP contribution >= 0.6 is 0 Å². The molecular weight excluding hydrogens is 544 g/mol. The number of anilines is 1. The Labute approximate surface area is 247 Å². The first kappa shape index (κ1) is 25.3. The van der Waals surface area contributed by atoms with Crippen molar-refractivity contribution < 1.29 is 28.6 Å². The summed E-state index contributed by atoms with van der Waals surface area (Å²) in [6, 6.07) is 25.6. The van der Waals surface area contributed by atoms with Crippen molar-refractivity contribution in [1.29, 1.82) is 0 Å². The van der Waals surface area contributed by atoms with E-state index in [1.54, 1.807) is 42.5 Å². The Bertz CT molecular complexity index is 1880. The summed E-state index contributed by atoms with van der Waals surface area (Å²) in [5.74, 6) is -0.465. The van der Waals surface area contributed by atoms with Crippen LogP contribution in [0.25, 0.3) is 6.08 Å². The zero-order valence-corrected chi connectivity index (χ0v) is 23.2. The van der Waals surface area contributed by atoms with E-state index < -0.39 is 23.4 Å². The predicted molar refractivity (Wildman–Crippen MR) is 158 cm³/mol. The molecule has 8 rings (SSSR count). The second-order valence-electron chi connectivity index (χ2n) is 11.1. The third kappa shape index (κ3) is 3.46. The quantitative estimate of drug-likeness (QED) is 0.321. The van der Waals surface area contributed by atoms with Gasteiger partial charge in [-0.25, -0.2) is 0 Å². The summed E-state index contributed by atoms with van der Waals surface area (Å²) in [6.45, 7) is 0.0706. The molecule has 1 saturated heterocycles. The highest BCUT2D eigenvalue weighted by Gasteiger charge is 2.70. The van der Waals surface area contributed by atoms with Crippen LogP contribution in [0.15, 0.2) is 97.2 Å². The topological polar surface area (TPSA) is 94.2 Å². The Morgan fingerprint density at radius 3 is 2.56 bits per heavy atom. The molecule has 8 nitrogen and oxygen atoms in total. The van der Waals surface area contributed by atoms with Crippen molar-refractivity contribution in [2.24, 2.45) is 5.92 Å². The number of para-hydroxylation sites is 1. The molecule has 4 aromatic rings. The number of hydrogen-bond donors (Lipinski definition) is 1. The van der Waals surface area contributed by atoms with Gasteiger partial charge in [0.25, 0.3) is 0 Å². The molecule has 0 radical (unpaired) electrons. The molecule has 1 fully saturated rings. The minimum atomic E-state index is -1.41. The molecule has 4 aliphatic rings. The number of hydrogen-bond acceptors (Lipinski definition) is 7. The highest BCUT2D eigenvalue weighted by atomic mass is 16.7. The van der Waals surface area contributed by atoms with Crippen molar-refractivity contribution >= 4 is 29.2 Å². The fourth-order valence-electron chi connectivity index (χ4n) is 7.34. The maximum atomic E-state index is 14.9. The van der Waals surface area contributed by atoms with Crippen molar-refractivity contribution in [1.82, 2.24) is 4.90 Å². The van der Waals surface area contributed by atoms with Crippen LogP contribution in [0.1, 0.15) is 43.4 Å². The SMILES string of the molecule is COc1cccc(C(=O)[C@@H]2[C@H](C(=O)c3ccc4c(c3)OCO4)N3C=Cc4ccccc4[C@@H]3[C@@]23C(=O)Nc2ccccc23)c1. The number of ketones is 2. The molecular formula is C35H26N2O6. The first-order chi connectivity index (χ1) is 21.0. The average Bonchev–Trinajstić information content (AvgIpc) is 3.73. The fourth-order valence-corrected chi connectivity index (χ4v) is 7.34. The van der Waals surface area contributed by atoms with Gasteiger partial charge in [-0.3, -0.25) is 14.4 Å². The van der Waals surface area contributed by atoms with E-state index in [9.17, 15) is 14.4 Å². The van der Waals surface area contributed by atoms with Crippen molar-refractivity contribution in [3.63, 3.8) is 0 Å². The van der Waals surface area contributed by atoms with Crippen LogP contribution < -0.4 is 19.5 Å². The van der Waals surface area contributed by atoms with Crippen molar-refractivity contribution in [3.8, 4) is 17.2 Å². The molecule has 0 bridgehead atoms. The van der Waals surface area contributed by atoms with Gasteiger partial charge in [0.05, 0.1) is 19.1 Å². The molecule has 4 aliphatic heterocycles. The second-order valence-corrected chi connectivity index (χ2v) is 11.1. The molecule has 212 valence electrons. The molecule has 43 heavy (non-hydrogen) atoms. The van der Waals surface area contributed by atoms with Crippen molar-refractivity contribution in [3.05, 3.63) is 125 Å². The fraction of sp³-hybridized carbons (Fsp3) is 0.171. The molecule has 0 saturated carbocycles. The Balaban J connectivity index is 1.40. The summed E-state index contributed by atoms with van der Waals surface area (Å²) in [5, 5.41) is 3.07. The van der Waals surface area contributed by atoms with Gasteiger partial charge in [0.1, 0.15) is 17.2 Å². The monoisotopic (exact) mass is 570 g/mol. The van der Waals surface area contributed by atoms with Crippen LogP contribution in [-0.2, 0) is 10.2 Å². The summed E-state index contributed by atoms with van der Waals surface area (Å²) < 4.78 is 16.5. The van der Waals surface area contributed by atoms with E-state index >= 15 is 0 Å². The number of nitrogens with zero attached hydrogens (tertiary/aromatic N) is 1. The second kappa shape index (κ2) is 9.32. The lowest BCUT2D eigenvalue weighted by molar-refractivity contribution is -0.122. The number of carbonyl (C=O) groups excluding carboxylic acids is 3. The largest absolute Gasteiger partial charge is 0.497 e. The number of nitrogens with one attached hydrogen (secondary N) is 1. The van der Waals surface area contributed by atoms with Gasteiger partial charge >= 0.3 is 0 Å². The van der Waals surface area contributed by atoms with E-state index in [2.05, 4.69) is 5.32 Å². The van der Waals surface area contributed by atoms with Crippen LogP contribution in [0.5, 0.6) is 17.2 Å². The molecule has 4 heterocycles. The van der Waals surface area contributed by atoms with Crippen LogP contribution in [0.3, 0.4) is 0 Å². The van der Waals surface area contributed by atoms with E-state index in [0.29, 0.717) is 39.6 Å². The lowest BCUT2D eigenvalue weighted by atomic mass is 9.62. The molecule has 0 unspecified atom stereocenters. The maximum Gasteiger partial charge on any atom is 0.238 e. The Morgan fingerprint density at radius 1 is 0.884 bits per heavy atom. The zero-order valence-electron chi connectivity index (χ0n) is 23.2. The number of carbonyl (C=O) groups is 3. The standard InChI is InChI=1S/C35H26N2O6/c1-41-23-9-6-8-21(17-23)31(38)29-30(32(39)22-13-14-27-28(18-22)43-19-42-27)37-16-15-20-7-2-3-10-24(20)33(37)35(29)25-11-4-5-12-26(25)36-34(35)40/h2-18,29-30,33H,19H2,1H3,(H,36,40)/t29-,30+,33+,35-/m0/s1. The van der Waals surface area contributed by atoms with Crippen molar-refractivity contribution in [2.45, 2.75) is 17.5 Å². The predicted octanol–water partition coefficient (Wildman–Crippen LogP) is 5.41. The van der Waals surface area contributed by atoms with Gasteiger partial charge in [-0.1, -0.05) is 54.6 Å². The normalized spacial score (nSPS) is 23.9. The van der Waals surface area contributed by atoms with Gasteiger partial charge in [-0.2, -0.15) is 0 Å². The van der Waals surface area contributed by atoms with Gasteiger partial charge in [0.15, 0.2) is 23.1 Å². The zero-order chi connectivity index (χ0) is 29.3. The molecule has 1 spiro atoms. The highest BCUT2D eigenvalue weighted by molar-refractivity contribution is 6.16. The molecule has 8 heteroatoms. The minimum absolute atomic E-state index is 0.0706. The van der Waals surface area contributed by atoms with Gasteiger partial charge in [0.2, 0.25) is 12.7 Å². The van der Waals surface area contributed by atoms with Crippen molar-refractivity contribution in [2.75, 3.05) is 19.2 Å². The lowest BCUT2D eigenvalue weighted by Gasteiger charge is -2.38. The van der Waals surface area contributed by atoms with Gasteiger partial charge in [-0.15, -0.1) is 0 Å². The number of Topliss-reactive ketones (excluding diaryl/α,β-unsaturated/α-hetero) is 2. The summed E-state index contributed by atoms with van der Waals surface area (Å²) in [7, 11) is 1.54. The lowest BCUT2D eigenvalue weighted by Crippen LogP contribution is -2.49. The minimum Gasteiger partial charge on any atom is -0.497 e. The molecule has 0 aromatic heterocycles. The van der Waals surface area contributed by atoms with Crippen LogP contribution in [-0.4, -0.2) is 42.3 Å². The summed E-state index contributed by atoms with van der Waals surface area (Å²) in [4.78, 5) is 46.2. The summed E-state index contributed by atoms with van der Waals surface area (Å²) in [6.07, 6.45) is 3.80. The van der Waals surface area contributed by atoms with Gasteiger partial charge < -0.3 is 24.4 Å². The molecule has 1 amide bonds. The van der Waals surface area contributed by atoms with Crippen LogP contribution in [0.2, 0.25) is 0 Å². The van der Waals surface area contributed by atoms with Crippen LogP contribution in [0.4, 0.5) is 5.69 Å². The smallest absolute Gasteiger partial charge is 0.238 e. The Kier molecular flexibility index (Phi) is 5.50. The third-order valence-electron chi connectivity index (χ3n) is 9.13. The first-order valence-electron chi connectivity index (χ1n) is 14.1. The number of ether oxygens (including phenoxy) is 3. The number of benzene rings is 4. The Hall–Kier alpha value is -5.37. The molecule has 4 aromatic carbocycles. The third-order valence-corrected chi connectivity index (χ3v) is 9.13. The van der Waals surface area contributed by atoms with E-state index in [4.69, 9.17) is 14.2 Å². The van der Waals surface area contributed by atoms with E-state index in [1.807, 2.05) is 65.7 Å². The number of fused-ring (bicyclic) bond motifs is 7. The molecule has 1 N–H and O–H groups in total. The van der Waals surface area contributed by atoms with Gasteiger partial charge in [0, 0.05) is 23.0 Å². The molecule has 4 atom stereocenters. The highest BCUT2D eigenvalue weighted by Crippen LogP contribution is 2.62. The van der Waals surface area contributed by atoms with E-state index in [0.717, 1.165) is 11.1 Å². The maximum absolute atomic E-state index is 14.9.